The number of anilines is 1. The minimum Gasteiger partial charge on any atom is -0.384 e. The van der Waals surface area contributed by atoms with Crippen LogP contribution >= 0.6 is 0 Å². The molecule has 2 nitrogen and oxygen atoms in total. The van der Waals surface area contributed by atoms with Crippen molar-refractivity contribution >= 4 is 5.69 Å². The Morgan fingerprint density at radius 1 is 1.53 bits per heavy atom. The molecular weight excluding hydrogens is 184 g/mol. The van der Waals surface area contributed by atoms with Gasteiger partial charge in [0.25, 0.3) is 0 Å². The fourth-order valence-electron chi connectivity index (χ4n) is 2.19. The fraction of sp³-hybridized carbons (Fsp3) is 0.385. The third-order valence-electron chi connectivity index (χ3n) is 2.91. The monoisotopic (exact) mass is 202 g/mol. The number of benzene rings is 1. The summed E-state index contributed by atoms with van der Waals surface area (Å²) in [6, 6.07) is 8.58. The zero-order valence-electron chi connectivity index (χ0n) is 9.24. The number of nitrogens with one attached hydrogen (secondary N) is 1. The molecule has 0 spiro atoms. The Morgan fingerprint density at radius 3 is 3.13 bits per heavy atom. The SMILES string of the molecule is C=CCN(C)CC1CNc2ccccc21. The molecule has 0 amide bonds. The summed E-state index contributed by atoms with van der Waals surface area (Å²) in [5, 5.41) is 3.45. The van der Waals surface area contributed by atoms with Crippen molar-refractivity contribution in [3.05, 3.63) is 42.5 Å². The summed E-state index contributed by atoms with van der Waals surface area (Å²) in [5.74, 6) is 0.617. The second-order valence-corrected chi connectivity index (χ2v) is 4.17. The standard InChI is InChI=1S/C13H18N2/c1-3-8-15(2)10-11-9-14-13-7-5-4-6-12(11)13/h3-7,11,14H,1,8-10H2,2H3. The lowest BCUT2D eigenvalue weighted by Crippen LogP contribution is -2.25. The van der Waals surface area contributed by atoms with Gasteiger partial charge in [0.15, 0.2) is 0 Å². The molecular formula is C13H18N2. The van der Waals surface area contributed by atoms with Gasteiger partial charge in [0.2, 0.25) is 0 Å². The van der Waals surface area contributed by atoms with Crippen molar-refractivity contribution in [2.75, 3.05) is 32.0 Å². The van der Waals surface area contributed by atoms with Gasteiger partial charge in [-0.2, -0.15) is 0 Å². The van der Waals surface area contributed by atoms with E-state index < -0.39 is 0 Å². The van der Waals surface area contributed by atoms with Gasteiger partial charge in [-0.15, -0.1) is 6.58 Å². The van der Waals surface area contributed by atoms with Gasteiger partial charge in [0.05, 0.1) is 0 Å². The van der Waals surface area contributed by atoms with Crippen LogP contribution in [0.3, 0.4) is 0 Å². The molecule has 0 saturated carbocycles. The molecule has 0 aromatic heterocycles. The van der Waals surface area contributed by atoms with E-state index in [4.69, 9.17) is 0 Å². The van der Waals surface area contributed by atoms with Crippen LogP contribution in [-0.2, 0) is 0 Å². The molecule has 2 rings (SSSR count). The highest BCUT2D eigenvalue weighted by Crippen LogP contribution is 2.31. The maximum atomic E-state index is 3.76. The summed E-state index contributed by atoms with van der Waals surface area (Å²) >= 11 is 0. The maximum absolute atomic E-state index is 3.76. The molecule has 1 N–H and O–H groups in total. The maximum Gasteiger partial charge on any atom is 0.0376 e. The van der Waals surface area contributed by atoms with E-state index in [9.17, 15) is 0 Å². The third kappa shape index (κ3) is 2.21. The molecule has 15 heavy (non-hydrogen) atoms. The molecule has 0 aliphatic carbocycles. The minimum atomic E-state index is 0.617. The van der Waals surface area contributed by atoms with E-state index in [0.29, 0.717) is 5.92 Å². The first-order valence-electron chi connectivity index (χ1n) is 5.43. The molecule has 2 heteroatoms. The average Bonchev–Trinajstić information content (AvgIpc) is 2.62. The normalized spacial score (nSPS) is 18.7. The number of hydrogen-bond acceptors (Lipinski definition) is 2. The molecule has 1 heterocycles. The highest BCUT2D eigenvalue weighted by molar-refractivity contribution is 5.57. The molecule has 1 aliphatic rings. The highest BCUT2D eigenvalue weighted by Gasteiger charge is 2.22. The van der Waals surface area contributed by atoms with Crippen molar-refractivity contribution in [2.45, 2.75) is 5.92 Å². The van der Waals surface area contributed by atoms with Crippen molar-refractivity contribution in [1.29, 1.82) is 0 Å². The minimum absolute atomic E-state index is 0.617. The van der Waals surface area contributed by atoms with Crippen LogP contribution in [0.5, 0.6) is 0 Å². The zero-order valence-corrected chi connectivity index (χ0v) is 9.24. The van der Waals surface area contributed by atoms with Crippen LogP contribution in [-0.4, -0.2) is 31.6 Å². The molecule has 1 aromatic rings. The Labute approximate surface area is 91.6 Å². The predicted molar refractivity (Wildman–Crippen MR) is 65.4 cm³/mol. The number of hydrogen-bond donors (Lipinski definition) is 1. The largest absolute Gasteiger partial charge is 0.384 e. The van der Waals surface area contributed by atoms with Crippen LogP contribution in [0.4, 0.5) is 5.69 Å². The lowest BCUT2D eigenvalue weighted by Gasteiger charge is -2.19. The van der Waals surface area contributed by atoms with Gasteiger partial charge in [0, 0.05) is 31.2 Å². The average molecular weight is 202 g/mol. The van der Waals surface area contributed by atoms with Crippen LogP contribution < -0.4 is 5.32 Å². The second-order valence-electron chi connectivity index (χ2n) is 4.17. The highest BCUT2D eigenvalue weighted by atomic mass is 15.1. The summed E-state index contributed by atoms with van der Waals surface area (Å²) in [5.41, 5.74) is 2.75. The lowest BCUT2D eigenvalue weighted by molar-refractivity contribution is 0.349. The summed E-state index contributed by atoms with van der Waals surface area (Å²) in [6.45, 7) is 6.87. The van der Waals surface area contributed by atoms with Crippen LogP contribution in [0.25, 0.3) is 0 Å². The lowest BCUT2D eigenvalue weighted by atomic mass is 10.0. The molecule has 0 bridgehead atoms. The molecule has 1 aromatic carbocycles. The van der Waals surface area contributed by atoms with Crippen LogP contribution in [0.1, 0.15) is 11.5 Å². The molecule has 0 saturated heterocycles. The molecule has 0 fully saturated rings. The quantitative estimate of drug-likeness (QED) is 0.754. The van der Waals surface area contributed by atoms with E-state index >= 15 is 0 Å². The Balaban J connectivity index is 2.04. The Morgan fingerprint density at radius 2 is 2.33 bits per heavy atom. The summed E-state index contributed by atoms with van der Waals surface area (Å²) in [4.78, 5) is 2.31. The number of fused-ring (bicyclic) bond motifs is 1. The topological polar surface area (TPSA) is 15.3 Å². The molecule has 1 unspecified atom stereocenters. The van der Waals surface area contributed by atoms with Gasteiger partial charge in [0.1, 0.15) is 0 Å². The fourth-order valence-corrected chi connectivity index (χ4v) is 2.19. The van der Waals surface area contributed by atoms with Crippen LogP contribution in [0.2, 0.25) is 0 Å². The van der Waals surface area contributed by atoms with E-state index in [1.54, 1.807) is 0 Å². The van der Waals surface area contributed by atoms with Gasteiger partial charge >= 0.3 is 0 Å². The van der Waals surface area contributed by atoms with E-state index in [0.717, 1.165) is 19.6 Å². The first-order valence-corrected chi connectivity index (χ1v) is 5.43. The molecule has 1 atom stereocenters. The second kappa shape index (κ2) is 4.49. The number of rotatable bonds is 4. The summed E-state index contributed by atoms with van der Waals surface area (Å²) < 4.78 is 0. The molecule has 1 aliphatic heterocycles. The zero-order chi connectivity index (χ0) is 10.7. The molecule has 80 valence electrons. The Bertz CT molecular complexity index is 346. The van der Waals surface area contributed by atoms with E-state index in [-0.39, 0.29) is 0 Å². The van der Waals surface area contributed by atoms with E-state index in [1.165, 1.54) is 11.3 Å². The third-order valence-corrected chi connectivity index (χ3v) is 2.91. The van der Waals surface area contributed by atoms with Gasteiger partial charge < -0.3 is 10.2 Å². The van der Waals surface area contributed by atoms with E-state index in [1.807, 2.05) is 6.08 Å². The number of nitrogens with zero attached hydrogens (tertiary/aromatic N) is 1. The van der Waals surface area contributed by atoms with Gasteiger partial charge in [-0.25, -0.2) is 0 Å². The molecule has 0 radical (unpaired) electrons. The van der Waals surface area contributed by atoms with Gasteiger partial charge in [-0.3, -0.25) is 0 Å². The first kappa shape index (κ1) is 10.2. The Hall–Kier alpha value is -1.28. The van der Waals surface area contributed by atoms with Crippen LogP contribution in [0, 0.1) is 0 Å². The van der Waals surface area contributed by atoms with E-state index in [2.05, 4.69) is 48.1 Å². The summed E-state index contributed by atoms with van der Waals surface area (Å²) in [6.07, 6.45) is 1.95. The van der Waals surface area contributed by atoms with Crippen molar-refractivity contribution < 1.29 is 0 Å². The van der Waals surface area contributed by atoms with Gasteiger partial charge in [-0.1, -0.05) is 24.3 Å². The smallest absolute Gasteiger partial charge is 0.0376 e. The van der Waals surface area contributed by atoms with Crippen LogP contribution in [0.15, 0.2) is 36.9 Å². The number of likely N-dealkylation sites (N-methyl/N-ethyl adjacent to an activating group) is 1. The van der Waals surface area contributed by atoms with Crippen molar-refractivity contribution in [3.63, 3.8) is 0 Å². The van der Waals surface area contributed by atoms with Gasteiger partial charge in [-0.05, 0) is 18.7 Å². The summed E-state index contributed by atoms with van der Waals surface area (Å²) in [7, 11) is 2.14. The van der Waals surface area contributed by atoms with Crippen molar-refractivity contribution in [2.24, 2.45) is 0 Å². The van der Waals surface area contributed by atoms with Crippen molar-refractivity contribution in [1.82, 2.24) is 4.90 Å². The first-order chi connectivity index (χ1) is 7.31. The number of para-hydroxylation sites is 1. The Kier molecular flexibility index (Phi) is 3.07. The van der Waals surface area contributed by atoms with Crippen molar-refractivity contribution in [3.8, 4) is 0 Å². The predicted octanol–water partition coefficient (Wildman–Crippen LogP) is 2.31.